The van der Waals surface area contributed by atoms with Gasteiger partial charge in [0.2, 0.25) is 0 Å². The second kappa shape index (κ2) is 22.5. The molecule has 6 rings (SSSR count). The third-order valence-corrected chi connectivity index (χ3v) is 9.04. The molecule has 0 bridgehead atoms. The van der Waals surface area contributed by atoms with Crippen LogP contribution in [-0.2, 0) is 16.4 Å². The van der Waals surface area contributed by atoms with Crippen molar-refractivity contribution in [1.82, 2.24) is 15.1 Å². The first kappa shape index (κ1) is 36.1. The van der Waals surface area contributed by atoms with Gasteiger partial charge in [-0.2, -0.15) is 0 Å². The second-order valence-corrected chi connectivity index (χ2v) is 15.4. The number of hydrogen-bond donors (Lipinski definition) is 3. The van der Waals surface area contributed by atoms with Crippen molar-refractivity contribution in [2.24, 2.45) is 0 Å². The van der Waals surface area contributed by atoms with Gasteiger partial charge in [-0.15, -0.1) is 0 Å². The Kier molecular flexibility index (Phi) is 20.3. The van der Waals surface area contributed by atoms with Crippen LogP contribution in [0.5, 0.6) is 0 Å². The summed E-state index contributed by atoms with van der Waals surface area (Å²) in [5, 5.41) is 10.6. The molecule has 8 nitrogen and oxygen atoms in total. The van der Waals surface area contributed by atoms with E-state index in [1.807, 2.05) is 0 Å². The number of hydrogen-bond acceptors (Lipinski definition) is 7. The molecule has 0 aromatic heterocycles. The molecular formula is C30H57MgN3O5S. The molecule has 10 heteroatoms. The van der Waals surface area contributed by atoms with E-state index in [1.54, 1.807) is 5.70 Å². The number of ketones is 1. The van der Waals surface area contributed by atoms with Crippen LogP contribution in [0.25, 0.3) is 0 Å². The summed E-state index contributed by atoms with van der Waals surface area (Å²) in [6.07, 6.45) is 29.2. The van der Waals surface area contributed by atoms with Crippen molar-refractivity contribution in [2.45, 2.75) is 134 Å². The molecule has 2 saturated carbocycles. The van der Waals surface area contributed by atoms with Gasteiger partial charge in [0, 0.05) is 37.7 Å². The van der Waals surface area contributed by atoms with Gasteiger partial charge in [0.15, 0.2) is 0 Å². The van der Waals surface area contributed by atoms with Crippen LogP contribution in [0.3, 0.4) is 0 Å². The topological polar surface area (TPSA) is 102 Å². The number of likely N-dealkylation sites (tertiary alicyclic amines) is 2. The second-order valence-electron chi connectivity index (χ2n) is 11.9. The zero-order valence-electron chi connectivity index (χ0n) is 25.2. The zero-order valence-corrected chi connectivity index (χ0v) is 27.4. The zero-order chi connectivity index (χ0) is 28.9. The normalized spacial score (nSPS) is 25.1. The summed E-state index contributed by atoms with van der Waals surface area (Å²) in [5.41, 5.74) is 1.65. The van der Waals surface area contributed by atoms with Gasteiger partial charge < -0.3 is 15.1 Å². The molecule has 0 radical (unpaired) electrons. The van der Waals surface area contributed by atoms with Crippen molar-refractivity contribution in [3.63, 3.8) is 0 Å². The monoisotopic (exact) mass is 595 g/mol. The van der Waals surface area contributed by atoms with Gasteiger partial charge >= 0.3 is 45.5 Å². The first-order valence-electron chi connectivity index (χ1n) is 16.2. The first-order chi connectivity index (χ1) is 19.4. The maximum absolute atomic E-state index is 10.5. The van der Waals surface area contributed by atoms with Crippen molar-refractivity contribution in [2.75, 3.05) is 39.3 Å². The number of nitrogens with zero attached hydrogens (tertiary/aromatic N) is 2. The summed E-state index contributed by atoms with van der Waals surface area (Å²) in [7, 11) is -3.33. The molecule has 0 amide bonds. The number of Topliss-reactive ketones (excluding diaryl/α,β-unsaturated/α-hetero) is 1. The molecule has 0 aromatic rings. The molecule has 3 N–H and O–H groups in total. The third kappa shape index (κ3) is 17.8. The minimum atomic E-state index is -3.33. The molecule has 3 saturated heterocycles. The van der Waals surface area contributed by atoms with Crippen LogP contribution in [0.2, 0.25) is 0 Å². The van der Waals surface area contributed by atoms with E-state index in [-0.39, 0.29) is 0 Å². The van der Waals surface area contributed by atoms with Crippen molar-refractivity contribution in [3.05, 3.63) is 11.8 Å². The van der Waals surface area contributed by atoms with Crippen LogP contribution in [-0.4, -0.2) is 94.7 Å². The molecule has 1 unspecified atom stereocenters. The Labute approximate surface area is 255 Å². The number of allylic oxidation sites excluding steroid dienone is 2. The van der Waals surface area contributed by atoms with E-state index in [0.29, 0.717) is 25.6 Å². The van der Waals surface area contributed by atoms with Gasteiger partial charge in [-0.3, -0.25) is 4.79 Å². The van der Waals surface area contributed by atoms with E-state index in [1.165, 1.54) is 142 Å². The molecule has 0 aromatic carbocycles. The fraction of sp³-hybridized carbons (Fsp3) is 0.900. The van der Waals surface area contributed by atoms with Gasteiger partial charge in [-0.05, 0) is 116 Å². The Morgan fingerprint density at radius 2 is 1.30 bits per heavy atom. The summed E-state index contributed by atoms with van der Waals surface area (Å²) < 4.78 is 20.6. The van der Waals surface area contributed by atoms with Gasteiger partial charge in [-0.25, -0.2) is 0 Å². The summed E-state index contributed by atoms with van der Waals surface area (Å²) in [5.74, 6) is 0.464. The SMILES string of the molecule is C1=C(N2CCCC2)CCCC1.C1CCC(N2CCCC2)CC1.C1CCNC1.O=C1CCCCC1.O=[S](O)(=[Mg])OO. The van der Waals surface area contributed by atoms with Crippen LogP contribution < -0.4 is 5.32 Å². The summed E-state index contributed by atoms with van der Waals surface area (Å²) >= 11 is 0.671. The average Bonchev–Trinajstić information content (AvgIpc) is 3.81. The minimum absolute atomic E-state index is 0.464. The van der Waals surface area contributed by atoms with Crippen molar-refractivity contribution in [1.29, 1.82) is 0 Å². The van der Waals surface area contributed by atoms with Crippen LogP contribution in [0.15, 0.2) is 11.8 Å². The molecule has 3 aliphatic heterocycles. The molecule has 0 spiro atoms. The molecule has 1 atom stereocenters. The van der Waals surface area contributed by atoms with Gasteiger partial charge in [0.05, 0.1) is 0 Å². The van der Waals surface area contributed by atoms with E-state index in [9.17, 15) is 9.00 Å². The average molecular weight is 596 g/mol. The summed E-state index contributed by atoms with van der Waals surface area (Å²) in [4.78, 5) is 15.8. The van der Waals surface area contributed by atoms with E-state index in [0.717, 1.165) is 31.7 Å². The van der Waals surface area contributed by atoms with Crippen molar-refractivity contribution >= 4 is 32.9 Å². The van der Waals surface area contributed by atoms with Gasteiger partial charge in [-0.1, -0.05) is 31.8 Å². The van der Waals surface area contributed by atoms with Gasteiger partial charge in [0.25, 0.3) is 0 Å². The van der Waals surface area contributed by atoms with E-state index < -0.39 is 7.32 Å². The third-order valence-electron chi connectivity index (χ3n) is 8.50. The summed E-state index contributed by atoms with van der Waals surface area (Å²) in [6.45, 7) is 7.94. The maximum atomic E-state index is 10.5. The van der Waals surface area contributed by atoms with Crippen LogP contribution in [0.1, 0.15) is 128 Å². The predicted octanol–water partition coefficient (Wildman–Crippen LogP) is 6.08. The molecule has 3 heterocycles. The standard InChI is InChI=1S/C10H19N.C10H17N.C6H10O.C4H9N.Mg.H2O4S/c2*1-2-6-10(7-3-1)11-8-4-5-9-11;7-6-4-2-1-3-5-6;1-2-4-5-3-1;;1-4-5(2)3/h10H,1-9H2;6H,1-5,7-9H2;1-5H2;5H,1-4H2;;1H,(H,2,3). The first-order valence-corrected chi connectivity index (χ1v) is 19.6. The van der Waals surface area contributed by atoms with E-state index in [4.69, 9.17) is 9.81 Å². The molecule has 3 aliphatic carbocycles. The Bertz CT molecular complexity index is 774. The molecule has 40 heavy (non-hydrogen) atoms. The Balaban J connectivity index is 0.000000182. The molecular weight excluding hydrogens is 539 g/mol. The van der Waals surface area contributed by atoms with E-state index in [2.05, 4.69) is 25.5 Å². The Hall–Kier alpha value is -0.0738. The van der Waals surface area contributed by atoms with Crippen molar-refractivity contribution in [3.8, 4) is 0 Å². The summed E-state index contributed by atoms with van der Waals surface area (Å²) in [6, 6.07) is 0.978. The van der Waals surface area contributed by atoms with Crippen LogP contribution in [0.4, 0.5) is 0 Å². The van der Waals surface area contributed by atoms with E-state index >= 15 is 0 Å². The Morgan fingerprint density at radius 1 is 0.775 bits per heavy atom. The number of carbonyl (C=O) groups excluding carboxylic acids is 1. The predicted molar refractivity (Wildman–Crippen MR) is 165 cm³/mol. The molecule has 6 aliphatic rings. The molecule has 5 fully saturated rings. The quantitative estimate of drug-likeness (QED) is 0.205. The van der Waals surface area contributed by atoms with Crippen molar-refractivity contribution < 1.29 is 23.1 Å². The Morgan fingerprint density at radius 3 is 1.73 bits per heavy atom. The number of nitrogens with one attached hydrogen (secondary N) is 1. The molecule has 230 valence electrons. The fourth-order valence-electron chi connectivity index (χ4n) is 6.24. The fourth-order valence-corrected chi connectivity index (χ4v) is 6.24. The van der Waals surface area contributed by atoms with Crippen LogP contribution in [0, 0.1) is 0 Å². The van der Waals surface area contributed by atoms with Gasteiger partial charge in [0.1, 0.15) is 5.78 Å². The number of rotatable bonds is 3. The van der Waals surface area contributed by atoms with Crippen LogP contribution >= 0.6 is 0 Å². The number of carbonyl (C=O) groups is 1.